The number of carbonyl (C=O) groups is 2. The summed E-state index contributed by atoms with van der Waals surface area (Å²) in [4.78, 5) is 24.2. The topological polar surface area (TPSA) is 66.8 Å². The number of aliphatic carboxylic acids is 1. The number of ether oxygens (including phenoxy) is 1. The van der Waals surface area contributed by atoms with Gasteiger partial charge in [-0.3, -0.25) is 4.79 Å². The Morgan fingerprint density at radius 1 is 1.40 bits per heavy atom. The molecule has 1 saturated heterocycles. The highest BCUT2D eigenvalue weighted by Crippen LogP contribution is 2.27. The molecule has 1 amide bonds. The van der Waals surface area contributed by atoms with Gasteiger partial charge in [0.05, 0.1) is 13.2 Å². The number of benzene rings is 1. The first kappa shape index (κ1) is 14.5. The van der Waals surface area contributed by atoms with Crippen molar-refractivity contribution in [3.63, 3.8) is 0 Å². The summed E-state index contributed by atoms with van der Waals surface area (Å²) < 4.78 is 18.9. The minimum absolute atomic E-state index is 0.113. The van der Waals surface area contributed by atoms with Gasteiger partial charge in [0.1, 0.15) is 0 Å². The molecule has 0 radical (unpaired) electrons. The largest absolute Gasteiger partial charge is 0.479 e. The monoisotopic (exact) mass is 281 g/mol. The zero-order valence-electron chi connectivity index (χ0n) is 11.1. The van der Waals surface area contributed by atoms with E-state index in [1.54, 1.807) is 31.4 Å². The summed E-state index contributed by atoms with van der Waals surface area (Å²) in [5.41, 5.74) is -0.985. The van der Waals surface area contributed by atoms with Crippen LogP contribution in [0.3, 0.4) is 0 Å². The van der Waals surface area contributed by atoms with E-state index in [1.165, 1.54) is 4.90 Å². The number of likely N-dealkylation sites (tertiary alicyclic amines) is 1. The molecule has 5 nitrogen and oxygen atoms in total. The molecule has 1 aliphatic rings. The maximum absolute atomic E-state index is 13.9. The Morgan fingerprint density at radius 2 is 2.05 bits per heavy atom. The Bertz CT molecular complexity index is 516. The van der Waals surface area contributed by atoms with Gasteiger partial charge in [-0.1, -0.05) is 12.1 Å². The second kappa shape index (κ2) is 5.58. The third-order valence-electron chi connectivity index (χ3n) is 3.40. The molecule has 6 heteroatoms. The predicted octanol–water partition coefficient (Wildman–Crippen LogP) is 1.47. The Hall–Kier alpha value is -1.95. The smallest absolute Gasteiger partial charge is 0.343 e. The number of carboxylic acid groups (broad SMARTS) is 1. The number of hydrogen-bond donors (Lipinski definition) is 1. The van der Waals surface area contributed by atoms with Crippen LogP contribution in [0, 0.1) is 0 Å². The lowest BCUT2D eigenvalue weighted by Gasteiger charge is -2.17. The fraction of sp³-hybridized carbons (Fsp3) is 0.429. The molecule has 1 aromatic carbocycles. The lowest BCUT2D eigenvalue weighted by Crippen LogP contribution is -2.38. The second-order valence-corrected chi connectivity index (χ2v) is 4.88. The van der Waals surface area contributed by atoms with Crippen molar-refractivity contribution in [2.24, 2.45) is 0 Å². The van der Waals surface area contributed by atoms with E-state index in [9.17, 15) is 14.0 Å². The van der Waals surface area contributed by atoms with Crippen molar-refractivity contribution in [1.82, 2.24) is 4.90 Å². The molecule has 20 heavy (non-hydrogen) atoms. The highest BCUT2D eigenvalue weighted by atomic mass is 19.1. The summed E-state index contributed by atoms with van der Waals surface area (Å²) in [6, 6.07) is 6.78. The van der Waals surface area contributed by atoms with E-state index in [2.05, 4.69) is 0 Å². The van der Waals surface area contributed by atoms with Gasteiger partial charge in [0.25, 0.3) is 5.91 Å². The Kier molecular flexibility index (Phi) is 4.04. The minimum Gasteiger partial charge on any atom is -0.479 e. The average Bonchev–Trinajstić information content (AvgIpc) is 2.83. The van der Waals surface area contributed by atoms with Crippen molar-refractivity contribution in [1.29, 1.82) is 0 Å². The summed E-state index contributed by atoms with van der Waals surface area (Å²) in [5.74, 6) is -1.86. The van der Waals surface area contributed by atoms with Crippen LogP contribution in [0.25, 0.3) is 0 Å². The van der Waals surface area contributed by atoms with Crippen molar-refractivity contribution in [3.8, 4) is 0 Å². The third-order valence-corrected chi connectivity index (χ3v) is 3.40. The van der Waals surface area contributed by atoms with Gasteiger partial charge in [-0.05, 0) is 17.7 Å². The number of halogens is 1. The fourth-order valence-corrected chi connectivity index (χ4v) is 2.21. The lowest BCUT2D eigenvalue weighted by atomic mass is 10.1. The number of carbonyl (C=O) groups excluding carboxylic acids is 1. The van der Waals surface area contributed by atoms with E-state index in [-0.39, 0.29) is 18.9 Å². The SMILES string of the molecule is COCc1ccc(C(=O)N2CCC(F)(C(=O)O)C2)cc1. The molecular weight excluding hydrogens is 265 g/mol. The van der Waals surface area contributed by atoms with Gasteiger partial charge in [-0.25, -0.2) is 9.18 Å². The van der Waals surface area contributed by atoms with Gasteiger partial charge in [0, 0.05) is 25.6 Å². The molecule has 0 bridgehead atoms. The molecule has 1 N–H and O–H groups in total. The van der Waals surface area contributed by atoms with E-state index < -0.39 is 18.2 Å². The summed E-state index contributed by atoms with van der Waals surface area (Å²) >= 11 is 0. The maximum atomic E-state index is 13.9. The summed E-state index contributed by atoms with van der Waals surface area (Å²) in [5, 5.41) is 8.81. The third kappa shape index (κ3) is 2.80. The average molecular weight is 281 g/mol. The minimum atomic E-state index is -2.33. The summed E-state index contributed by atoms with van der Waals surface area (Å²) in [6.07, 6.45) is -0.171. The maximum Gasteiger partial charge on any atom is 0.343 e. The molecular formula is C14H16FNO4. The summed E-state index contributed by atoms with van der Waals surface area (Å²) in [7, 11) is 1.58. The molecule has 0 spiro atoms. The van der Waals surface area contributed by atoms with Crippen LogP contribution >= 0.6 is 0 Å². The number of alkyl halides is 1. The van der Waals surface area contributed by atoms with Gasteiger partial charge in [-0.2, -0.15) is 0 Å². The molecule has 0 aromatic heterocycles. The van der Waals surface area contributed by atoms with Crippen LogP contribution in [0.5, 0.6) is 0 Å². The van der Waals surface area contributed by atoms with Crippen LogP contribution in [-0.2, 0) is 16.1 Å². The second-order valence-electron chi connectivity index (χ2n) is 4.88. The van der Waals surface area contributed by atoms with Crippen LogP contribution in [0.2, 0.25) is 0 Å². The first-order chi connectivity index (χ1) is 9.46. The van der Waals surface area contributed by atoms with Crippen molar-refractivity contribution < 1.29 is 23.8 Å². The standard InChI is InChI=1S/C14H16FNO4/c1-20-8-10-2-4-11(5-3-10)12(17)16-7-6-14(15,9-16)13(18)19/h2-5H,6-9H2,1H3,(H,18,19). The number of nitrogens with zero attached hydrogens (tertiary/aromatic N) is 1. The fourth-order valence-electron chi connectivity index (χ4n) is 2.21. The first-order valence-electron chi connectivity index (χ1n) is 6.26. The van der Waals surface area contributed by atoms with Crippen molar-refractivity contribution in [3.05, 3.63) is 35.4 Å². The number of amides is 1. The van der Waals surface area contributed by atoms with Gasteiger partial charge in [-0.15, -0.1) is 0 Å². The number of rotatable bonds is 4. The molecule has 1 atom stereocenters. The normalized spacial score (nSPS) is 22.0. The highest BCUT2D eigenvalue weighted by Gasteiger charge is 2.46. The van der Waals surface area contributed by atoms with Gasteiger partial charge >= 0.3 is 5.97 Å². The number of carboxylic acids is 1. The number of hydrogen-bond acceptors (Lipinski definition) is 3. The summed E-state index contributed by atoms with van der Waals surface area (Å²) in [6.45, 7) is 0.160. The van der Waals surface area contributed by atoms with Crippen molar-refractivity contribution in [2.75, 3.05) is 20.2 Å². The first-order valence-corrected chi connectivity index (χ1v) is 6.26. The molecule has 1 heterocycles. The predicted molar refractivity (Wildman–Crippen MR) is 69.2 cm³/mol. The molecule has 1 aliphatic heterocycles. The van der Waals surface area contributed by atoms with E-state index in [1.807, 2.05) is 0 Å². The molecule has 2 rings (SSSR count). The molecule has 108 valence electrons. The van der Waals surface area contributed by atoms with E-state index in [0.717, 1.165) is 5.56 Å². The van der Waals surface area contributed by atoms with Crippen LogP contribution < -0.4 is 0 Å². The van der Waals surface area contributed by atoms with E-state index >= 15 is 0 Å². The Labute approximate surface area is 116 Å². The zero-order valence-corrected chi connectivity index (χ0v) is 11.1. The molecule has 0 aliphatic carbocycles. The van der Waals surface area contributed by atoms with Gasteiger partial charge < -0.3 is 14.7 Å². The van der Waals surface area contributed by atoms with E-state index in [4.69, 9.17) is 9.84 Å². The van der Waals surface area contributed by atoms with Crippen LogP contribution in [0.15, 0.2) is 24.3 Å². The Morgan fingerprint density at radius 3 is 2.55 bits per heavy atom. The molecule has 1 aromatic rings. The van der Waals surface area contributed by atoms with Crippen molar-refractivity contribution >= 4 is 11.9 Å². The zero-order chi connectivity index (χ0) is 14.8. The van der Waals surface area contributed by atoms with Gasteiger partial charge in [0.15, 0.2) is 0 Å². The lowest BCUT2D eigenvalue weighted by molar-refractivity contribution is -0.149. The van der Waals surface area contributed by atoms with Crippen LogP contribution in [0.4, 0.5) is 4.39 Å². The van der Waals surface area contributed by atoms with Crippen LogP contribution in [-0.4, -0.2) is 47.8 Å². The van der Waals surface area contributed by atoms with Crippen LogP contribution in [0.1, 0.15) is 22.3 Å². The molecule has 0 saturated carbocycles. The number of methoxy groups -OCH3 is 1. The molecule has 1 unspecified atom stereocenters. The van der Waals surface area contributed by atoms with E-state index in [0.29, 0.717) is 12.2 Å². The highest BCUT2D eigenvalue weighted by molar-refractivity contribution is 5.95. The Balaban J connectivity index is 2.07. The molecule has 1 fully saturated rings. The quantitative estimate of drug-likeness (QED) is 0.907. The van der Waals surface area contributed by atoms with Crippen molar-refractivity contribution in [2.45, 2.75) is 18.7 Å². The van der Waals surface area contributed by atoms with Gasteiger partial charge in [0.2, 0.25) is 5.67 Å².